The number of thioether (sulfide) groups is 1. The summed E-state index contributed by atoms with van der Waals surface area (Å²) < 4.78 is 5.13. The Morgan fingerprint density at radius 3 is 3.06 bits per heavy atom. The SMILES string of the molecule is COc1ccc2[nH]cc(SCC(=O)O)c2c1. The van der Waals surface area contributed by atoms with Crippen LogP contribution in [0.25, 0.3) is 10.9 Å². The Morgan fingerprint density at radius 1 is 1.56 bits per heavy atom. The van der Waals surface area contributed by atoms with Crippen molar-refractivity contribution in [1.82, 2.24) is 4.98 Å². The monoisotopic (exact) mass is 237 g/mol. The molecule has 0 unspecified atom stereocenters. The average Bonchev–Trinajstić information content (AvgIpc) is 2.68. The van der Waals surface area contributed by atoms with Crippen LogP contribution in [0.15, 0.2) is 29.3 Å². The lowest BCUT2D eigenvalue weighted by Gasteiger charge is -2.00. The van der Waals surface area contributed by atoms with E-state index in [1.165, 1.54) is 11.8 Å². The third kappa shape index (κ3) is 2.14. The molecule has 0 amide bonds. The number of H-pyrrole nitrogens is 1. The van der Waals surface area contributed by atoms with Gasteiger partial charge in [0.2, 0.25) is 0 Å². The molecular weight excluding hydrogens is 226 g/mol. The van der Waals surface area contributed by atoms with E-state index in [4.69, 9.17) is 9.84 Å². The Labute approximate surface area is 96.6 Å². The molecule has 0 aliphatic carbocycles. The maximum absolute atomic E-state index is 10.5. The van der Waals surface area contributed by atoms with Gasteiger partial charge in [-0.15, -0.1) is 11.8 Å². The number of carboxylic acids is 1. The number of nitrogens with one attached hydrogen (secondary N) is 1. The molecule has 0 aliphatic rings. The Bertz CT molecular complexity index is 521. The molecule has 0 radical (unpaired) electrons. The molecule has 2 rings (SSSR count). The van der Waals surface area contributed by atoms with Crippen molar-refractivity contribution < 1.29 is 14.6 Å². The van der Waals surface area contributed by atoms with Crippen molar-refractivity contribution in [2.45, 2.75) is 4.90 Å². The molecule has 0 saturated carbocycles. The number of methoxy groups -OCH3 is 1. The highest BCUT2D eigenvalue weighted by atomic mass is 32.2. The van der Waals surface area contributed by atoms with Crippen molar-refractivity contribution in [2.75, 3.05) is 12.9 Å². The number of carboxylic acid groups (broad SMARTS) is 1. The molecule has 0 fully saturated rings. The number of fused-ring (bicyclic) bond motifs is 1. The van der Waals surface area contributed by atoms with Crippen LogP contribution in [0.1, 0.15) is 0 Å². The van der Waals surface area contributed by atoms with Gasteiger partial charge in [-0.05, 0) is 18.2 Å². The number of carbonyl (C=O) groups is 1. The van der Waals surface area contributed by atoms with Crippen LogP contribution in [0.5, 0.6) is 5.75 Å². The zero-order valence-electron chi connectivity index (χ0n) is 8.69. The van der Waals surface area contributed by atoms with Crippen molar-refractivity contribution in [1.29, 1.82) is 0 Å². The predicted octanol–water partition coefficient (Wildman–Crippen LogP) is 2.35. The summed E-state index contributed by atoms with van der Waals surface area (Å²) in [7, 11) is 1.61. The van der Waals surface area contributed by atoms with Crippen LogP contribution in [0.2, 0.25) is 0 Å². The number of aromatic amines is 1. The van der Waals surface area contributed by atoms with Crippen molar-refractivity contribution in [2.24, 2.45) is 0 Å². The first-order valence-electron chi connectivity index (χ1n) is 4.70. The third-order valence-corrected chi connectivity index (χ3v) is 3.24. The summed E-state index contributed by atoms with van der Waals surface area (Å²) in [5, 5.41) is 9.62. The molecule has 16 heavy (non-hydrogen) atoms. The number of benzene rings is 1. The fraction of sp³-hybridized carbons (Fsp3) is 0.182. The van der Waals surface area contributed by atoms with E-state index in [-0.39, 0.29) is 5.75 Å². The first-order valence-corrected chi connectivity index (χ1v) is 5.69. The highest BCUT2D eigenvalue weighted by molar-refractivity contribution is 8.00. The molecule has 4 nitrogen and oxygen atoms in total. The summed E-state index contributed by atoms with van der Waals surface area (Å²) in [6.45, 7) is 0. The number of rotatable bonds is 4. The highest BCUT2D eigenvalue weighted by Gasteiger charge is 2.07. The summed E-state index contributed by atoms with van der Waals surface area (Å²) in [6.07, 6.45) is 1.82. The van der Waals surface area contributed by atoms with Crippen LogP contribution in [0.4, 0.5) is 0 Å². The van der Waals surface area contributed by atoms with Crippen molar-refractivity contribution in [3.8, 4) is 5.75 Å². The number of aromatic nitrogens is 1. The molecule has 0 atom stereocenters. The zero-order chi connectivity index (χ0) is 11.5. The van der Waals surface area contributed by atoms with Crippen molar-refractivity contribution in [3.05, 3.63) is 24.4 Å². The molecule has 2 aromatic rings. The van der Waals surface area contributed by atoms with Crippen LogP contribution in [0, 0.1) is 0 Å². The number of aliphatic carboxylic acids is 1. The summed E-state index contributed by atoms with van der Waals surface area (Å²) in [5.41, 5.74) is 0.980. The van der Waals surface area contributed by atoms with Crippen LogP contribution < -0.4 is 4.74 Å². The van der Waals surface area contributed by atoms with Gasteiger partial charge < -0.3 is 14.8 Å². The Morgan fingerprint density at radius 2 is 2.38 bits per heavy atom. The third-order valence-electron chi connectivity index (χ3n) is 2.20. The van der Waals surface area contributed by atoms with Gasteiger partial charge in [0.15, 0.2) is 0 Å². The minimum atomic E-state index is -0.817. The van der Waals surface area contributed by atoms with E-state index in [1.54, 1.807) is 7.11 Å². The van der Waals surface area contributed by atoms with Gasteiger partial charge in [-0.1, -0.05) is 0 Å². The van der Waals surface area contributed by atoms with Gasteiger partial charge in [-0.25, -0.2) is 0 Å². The van der Waals surface area contributed by atoms with E-state index in [1.807, 2.05) is 24.4 Å². The lowest BCUT2D eigenvalue weighted by Crippen LogP contribution is -1.96. The Kier molecular flexibility index (Phi) is 3.05. The predicted molar refractivity (Wildman–Crippen MR) is 63.2 cm³/mol. The first kappa shape index (κ1) is 10.9. The molecule has 1 aromatic carbocycles. The molecule has 0 aliphatic heterocycles. The lowest BCUT2D eigenvalue weighted by molar-refractivity contribution is -0.133. The Hall–Kier alpha value is -1.62. The lowest BCUT2D eigenvalue weighted by atomic mass is 10.2. The van der Waals surface area contributed by atoms with Gasteiger partial charge >= 0.3 is 5.97 Å². The van der Waals surface area contributed by atoms with E-state index in [9.17, 15) is 4.79 Å². The molecule has 0 saturated heterocycles. The minimum absolute atomic E-state index is 0.0597. The topological polar surface area (TPSA) is 62.3 Å². The Balaban J connectivity index is 2.34. The van der Waals surface area contributed by atoms with Crippen LogP contribution in [0.3, 0.4) is 0 Å². The molecule has 1 aromatic heterocycles. The smallest absolute Gasteiger partial charge is 0.313 e. The normalized spacial score (nSPS) is 10.6. The fourth-order valence-electron chi connectivity index (χ4n) is 1.46. The second-order valence-electron chi connectivity index (χ2n) is 3.25. The second kappa shape index (κ2) is 4.49. The maximum Gasteiger partial charge on any atom is 0.313 e. The van der Waals surface area contributed by atoms with Gasteiger partial charge in [-0.3, -0.25) is 4.79 Å². The van der Waals surface area contributed by atoms with E-state index >= 15 is 0 Å². The number of ether oxygens (including phenoxy) is 1. The molecule has 1 heterocycles. The molecule has 84 valence electrons. The first-order chi connectivity index (χ1) is 7.70. The molecule has 0 spiro atoms. The molecule has 0 bridgehead atoms. The standard InChI is InChI=1S/C11H11NO3S/c1-15-7-2-3-9-8(4-7)10(5-12-9)16-6-11(13)14/h2-5,12H,6H2,1H3,(H,13,14). The average molecular weight is 237 g/mol. The van der Waals surface area contributed by atoms with Gasteiger partial charge in [0.25, 0.3) is 0 Å². The molecule has 5 heteroatoms. The van der Waals surface area contributed by atoms with Crippen LogP contribution in [-0.2, 0) is 4.79 Å². The summed E-state index contributed by atoms with van der Waals surface area (Å²) >= 11 is 1.30. The number of hydrogen-bond acceptors (Lipinski definition) is 3. The van der Waals surface area contributed by atoms with Gasteiger partial charge in [0, 0.05) is 22.0 Å². The zero-order valence-corrected chi connectivity index (χ0v) is 9.50. The quantitative estimate of drug-likeness (QED) is 0.801. The second-order valence-corrected chi connectivity index (χ2v) is 4.26. The minimum Gasteiger partial charge on any atom is -0.497 e. The van der Waals surface area contributed by atoms with Crippen LogP contribution >= 0.6 is 11.8 Å². The van der Waals surface area contributed by atoms with Crippen LogP contribution in [-0.4, -0.2) is 28.9 Å². The molecule has 2 N–H and O–H groups in total. The van der Waals surface area contributed by atoms with Crippen molar-refractivity contribution >= 4 is 28.6 Å². The highest BCUT2D eigenvalue weighted by Crippen LogP contribution is 2.30. The fourth-order valence-corrected chi connectivity index (χ4v) is 2.21. The summed E-state index contributed by atoms with van der Waals surface area (Å²) in [5.74, 6) is 0.0102. The largest absolute Gasteiger partial charge is 0.497 e. The summed E-state index contributed by atoms with van der Waals surface area (Å²) in [6, 6.07) is 5.68. The van der Waals surface area contributed by atoms with E-state index in [0.29, 0.717) is 0 Å². The van der Waals surface area contributed by atoms with Gasteiger partial charge in [-0.2, -0.15) is 0 Å². The maximum atomic E-state index is 10.5. The van der Waals surface area contributed by atoms with E-state index in [0.717, 1.165) is 21.5 Å². The number of hydrogen-bond donors (Lipinski definition) is 2. The summed E-state index contributed by atoms with van der Waals surface area (Å²) in [4.78, 5) is 14.5. The van der Waals surface area contributed by atoms with Crippen molar-refractivity contribution in [3.63, 3.8) is 0 Å². The van der Waals surface area contributed by atoms with E-state index < -0.39 is 5.97 Å². The molecular formula is C11H11NO3S. The van der Waals surface area contributed by atoms with E-state index in [2.05, 4.69) is 4.98 Å². The van der Waals surface area contributed by atoms with Gasteiger partial charge in [0.05, 0.1) is 12.9 Å². The van der Waals surface area contributed by atoms with Gasteiger partial charge in [0.1, 0.15) is 5.75 Å².